The first kappa shape index (κ1) is 21.9. The van der Waals surface area contributed by atoms with Crippen LogP contribution < -0.4 is 15.5 Å². The van der Waals surface area contributed by atoms with E-state index in [1.165, 1.54) is 19.3 Å². The van der Waals surface area contributed by atoms with E-state index in [0.29, 0.717) is 43.7 Å². The predicted octanol–water partition coefficient (Wildman–Crippen LogP) is 2.80. The van der Waals surface area contributed by atoms with E-state index in [2.05, 4.69) is 36.7 Å². The van der Waals surface area contributed by atoms with E-state index in [1.54, 1.807) is 0 Å². The Labute approximate surface area is 194 Å². The zero-order valence-corrected chi connectivity index (χ0v) is 19.3. The Hall–Kier alpha value is -2.90. The summed E-state index contributed by atoms with van der Waals surface area (Å²) in [4.78, 5) is 14.5. The number of rotatable bonds is 7. The molecule has 3 N–H and O–H groups in total. The minimum Gasteiger partial charge on any atom is -0.378 e. The van der Waals surface area contributed by atoms with Crippen molar-refractivity contribution in [2.45, 2.75) is 63.6 Å². The number of nitrogens with one attached hydrogen (secondary N) is 3. The number of nitrogens with zero attached hydrogens (tertiary/aromatic N) is 6. The van der Waals surface area contributed by atoms with Crippen LogP contribution in [0.25, 0.3) is 0 Å². The smallest absolute Gasteiger partial charge is 0.226 e. The molecule has 0 aromatic carbocycles. The van der Waals surface area contributed by atoms with Crippen LogP contribution >= 0.6 is 0 Å². The Morgan fingerprint density at radius 1 is 1.15 bits per heavy atom. The number of nitriles is 1. The number of aryl methyl sites for hydroxylation is 1. The minimum absolute atomic E-state index is 0.332. The van der Waals surface area contributed by atoms with Crippen LogP contribution in [-0.2, 0) is 4.74 Å². The number of hydrogen-bond acceptors (Lipinski definition) is 9. The molecule has 3 saturated heterocycles. The highest BCUT2D eigenvalue weighted by Crippen LogP contribution is 2.35. The molecule has 0 radical (unpaired) electrons. The van der Waals surface area contributed by atoms with E-state index < -0.39 is 0 Å². The number of ether oxygens (including phenoxy) is 1. The molecule has 5 rings (SSSR count). The molecular weight excluding hydrogens is 418 g/mol. The van der Waals surface area contributed by atoms with Crippen LogP contribution in [-0.4, -0.2) is 76.0 Å². The molecule has 0 aliphatic carbocycles. The highest BCUT2D eigenvalue weighted by molar-refractivity contribution is 5.59. The summed E-state index contributed by atoms with van der Waals surface area (Å²) >= 11 is 0. The average Bonchev–Trinajstić information content (AvgIpc) is 3.22. The normalized spacial score (nSPS) is 25.5. The summed E-state index contributed by atoms with van der Waals surface area (Å²) in [5.41, 5.74) is 0.994. The Balaban J connectivity index is 1.34. The summed E-state index contributed by atoms with van der Waals surface area (Å²) < 4.78 is 5.53. The average molecular weight is 452 g/mol. The van der Waals surface area contributed by atoms with Crippen molar-refractivity contribution in [2.24, 2.45) is 0 Å². The molecule has 3 fully saturated rings. The van der Waals surface area contributed by atoms with Gasteiger partial charge in [0.05, 0.1) is 19.3 Å². The quantitative estimate of drug-likeness (QED) is 0.584. The molecule has 5 heterocycles. The fourth-order valence-corrected chi connectivity index (χ4v) is 5.45. The Kier molecular flexibility index (Phi) is 6.60. The van der Waals surface area contributed by atoms with Crippen LogP contribution in [0.2, 0.25) is 0 Å². The standard InChI is InChI=1S/C23H33N9O/c1-16-12-21(30-29-16)26-20-15-22(31-8-10-33-11-9-31)28-23(27-20)25-17-13-18-4-2-5-19(14-17)32(18)7-3-6-24/h12,15,17-19H,2-5,7-11,13-14H2,1H3,(H3,25,26,27,28,29,30)/t17?,18-,19+. The maximum absolute atomic E-state index is 9.04. The van der Waals surface area contributed by atoms with Crippen molar-refractivity contribution < 1.29 is 4.74 Å². The second-order valence-corrected chi connectivity index (χ2v) is 9.29. The van der Waals surface area contributed by atoms with Crippen molar-refractivity contribution in [3.05, 3.63) is 17.8 Å². The van der Waals surface area contributed by atoms with Gasteiger partial charge in [0.1, 0.15) is 11.6 Å². The number of piperidine rings is 2. The van der Waals surface area contributed by atoms with Crippen LogP contribution in [0.15, 0.2) is 12.1 Å². The van der Waals surface area contributed by atoms with E-state index in [9.17, 15) is 0 Å². The van der Waals surface area contributed by atoms with Gasteiger partial charge in [0.25, 0.3) is 0 Å². The molecule has 0 spiro atoms. The predicted molar refractivity (Wildman–Crippen MR) is 127 cm³/mol. The van der Waals surface area contributed by atoms with Crippen molar-refractivity contribution in [3.8, 4) is 6.07 Å². The van der Waals surface area contributed by atoms with Crippen molar-refractivity contribution >= 4 is 23.4 Å². The van der Waals surface area contributed by atoms with Crippen molar-refractivity contribution in [1.29, 1.82) is 5.26 Å². The molecule has 1 unspecified atom stereocenters. The minimum atomic E-state index is 0.332. The largest absolute Gasteiger partial charge is 0.378 e. The molecule has 10 nitrogen and oxygen atoms in total. The van der Waals surface area contributed by atoms with Gasteiger partial charge in [-0.25, -0.2) is 0 Å². The monoisotopic (exact) mass is 451 g/mol. The number of fused-ring (bicyclic) bond motifs is 2. The third kappa shape index (κ3) is 5.20. The maximum Gasteiger partial charge on any atom is 0.226 e. The summed E-state index contributed by atoms with van der Waals surface area (Å²) in [5.74, 6) is 3.03. The number of H-pyrrole nitrogens is 1. The van der Waals surface area contributed by atoms with Gasteiger partial charge in [-0.2, -0.15) is 20.3 Å². The molecule has 10 heteroatoms. The first-order valence-electron chi connectivity index (χ1n) is 12.1. The Bertz CT molecular complexity index is 967. The van der Waals surface area contributed by atoms with Gasteiger partial charge in [0.15, 0.2) is 5.82 Å². The third-order valence-electron chi connectivity index (χ3n) is 6.95. The topological polar surface area (TPSA) is 118 Å². The lowest BCUT2D eigenvalue weighted by molar-refractivity contribution is 0.0369. The van der Waals surface area contributed by atoms with Gasteiger partial charge in [-0.1, -0.05) is 6.42 Å². The summed E-state index contributed by atoms with van der Waals surface area (Å²) in [6, 6.07) is 7.67. The van der Waals surface area contributed by atoms with Gasteiger partial charge in [0, 0.05) is 62.0 Å². The molecule has 2 aromatic heterocycles. The van der Waals surface area contributed by atoms with Crippen molar-refractivity contribution in [3.63, 3.8) is 0 Å². The maximum atomic E-state index is 9.04. The van der Waals surface area contributed by atoms with Crippen LogP contribution in [0.4, 0.5) is 23.4 Å². The summed E-state index contributed by atoms with van der Waals surface area (Å²) in [7, 11) is 0. The molecule has 2 bridgehead atoms. The van der Waals surface area contributed by atoms with Gasteiger partial charge in [-0.15, -0.1) is 0 Å². The molecule has 3 aliphatic heterocycles. The zero-order chi connectivity index (χ0) is 22.6. The molecule has 0 amide bonds. The summed E-state index contributed by atoms with van der Waals surface area (Å²) in [6.45, 7) is 5.91. The molecular formula is C23H33N9O. The fourth-order valence-electron chi connectivity index (χ4n) is 5.45. The van der Waals surface area contributed by atoms with E-state index in [-0.39, 0.29) is 0 Å². The SMILES string of the molecule is Cc1cc(Nc2cc(N3CCOCC3)nc(NC3C[C@H]4CCC[C@@H](C3)N4CCC#N)n2)n[nH]1. The first-order valence-corrected chi connectivity index (χ1v) is 12.1. The van der Waals surface area contributed by atoms with Crippen LogP contribution in [0.3, 0.4) is 0 Å². The number of morpholine rings is 1. The Morgan fingerprint density at radius 2 is 1.94 bits per heavy atom. The van der Waals surface area contributed by atoms with E-state index >= 15 is 0 Å². The number of hydrogen-bond donors (Lipinski definition) is 3. The molecule has 176 valence electrons. The van der Waals surface area contributed by atoms with Crippen LogP contribution in [0, 0.1) is 18.3 Å². The highest BCUT2D eigenvalue weighted by atomic mass is 16.5. The molecule has 33 heavy (non-hydrogen) atoms. The zero-order valence-electron chi connectivity index (χ0n) is 19.3. The van der Waals surface area contributed by atoms with Gasteiger partial charge >= 0.3 is 0 Å². The first-order chi connectivity index (χ1) is 16.2. The molecule has 3 aliphatic rings. The third-order valence-corrected chi connectivity index (χ3v) is 6.95. The summed E-state index contributed by atoms with van der Waals surface area (Å²) in [6.07, 6.45) is 6.44. The number of aromatic nitrogens is 4. The van der Waals surface area contributed by atoms with Gasteiger partial charge in [-0.3, -0.25) is 10.00 Å². The lowest BCUT2D eigenvalue weighted by Crippen LogP contribution is -2.55. The van der Waals surface area contributed by atoms with Crippen LogP contribution in [0.5, 0.6) is 0 Å². The fraction of sp³-hybridized carbons (Fsp3) is 0.652. The molecule has 0 saturated carbocycles. The Morgan fingerprint density at radius 3 is 2.64 bits per heavy atom. The highest BCUT2D eigenvalue weighted by Gasteiger charge is 2.38. The van der Waals surface area contributed by atoms with Gasteiger partial charge < -0.3 is 20.3 Å². The van der Waals surface area contributed by atoms with Gasteiger partial charge in [-0.05, 0) is 32.6 Å². The summed E-state index contributed by atoms with van der Waals surface area (Å²) in [5, 5.41) is 23.3. The van der Waals surface area contributed by atoms with E-state index in [4.69, 9.17) is 20.0 Å². The van der Waals surface area contributed by atoms with E-state index in [1.807, 2.05) is 19.1 Å². The second-order valence-electron chi connectivity index (χ2n) is 9.29. The van der Waals surface area contributed by atoms with Crippen molar-refractivity contribution in [1.82, 2.24) is 25.1 Å². The molecule has 2 aromatic rings. The lowest BCUT2D eigenvalue weighted by atomic mass is 9.81. The lowest BCUT2D eigenvalue weighted by Gasteiger charge is -2.48. The molecule has 3 atom stereocenters. The van der Waals surface area contributed by atoms with Crippen molar-refractivity contribution in [2.75, 3.05) is 48.4 Å². The number of anilines is 4. The van der Waals surface area contributed by atoms with Gasteiger partial charge in [0.2, 0.25) is 5.95 Å². The second kappa shape index (κ2) is 9.93. The van der Waals surface area contributed by atoms with Crippen LogP contribution in [0.1, 0.15) is 44.2 Å². The number of aromatic amines is 1. The van der Waals surface area contributed by atoms with E-state index in [0.717, 1.165) is 55.6 Å².